The predicted octanol–water partition coefficient (Wildman–Crippen LogP) is 1.87. The monoisotopic (exact) mass is 193 g/mol. The average Bonchev–Trinajstić information content (AvgIpc) is 2.07. The summed E-state index contributed by atoms with van der Waals surface area (Å²) in [5.74, 6) is -2.54. The molecule has 1 aromatic rings. The molecule has 0 fully saturated rings. The second kappa shape index (κ2) is 3.51. The van der Waals surface area contributed by atoms with Gasteiger partial charge in [0.25, 0.3) is 6.43 Å². The number of halogens is 3. The minimum absolute atomic E-state index is 0.581. The van der Waals surface area contributed by atoms with Gasteiger partial charge in [0.05, 0.1) is 13.3 Å². The van der Waals surface area contributed by atoms with Crippen molar-refractivity contribution in [1.82, 2.24) is 4.98 Å². The molecule has 0 aliphatic heterocycles. The van der Waals surface area contributed by atoms with Crippen LogP contribution in [0.25, 0.3) is 0 Å². The molecule has 0 saturated carbocycles. The lowest BCUT2D eigenvalue weighted by atomic mass is 10.2. The molecule has 1 aromatic heterocycles. The van der Waals surface area contributed by atoms with Gasteiger partial charge in [-0.2, -0.15) is 4.39 Å². The first-order valence-corrected chi connectivity index (χ1v) is 3.27. The summed E-state index contributed by atoms with van der Waals surface area (Å²) in [6, 6.07) is 0. The molecule has 1 N–H and O–H groups in total. The van der Waals surface area contributed by atoms with Crippen molar-refractivity contribution in [3.8, 4) is 11.5 Å². The quantitative estimate of drug-likeness (QED) is 0.729. The zero-order valence-corrected chi connectivity index (χ0v) is 6.59. The van der Waals surface area contributed by atoms with Crippen LogP contribution in [0.2, 0.25) is 0 Å². The van der Waals surface area contributed by atoms with Gasteiger partial charge in [0.1, 0.15) is 5.56 Å². The fourth-order valence-corrected chi connectivity index (χ4v) is 0.881. The molecule has 0 aliphatic rings. The maximum atomic E-state index is 12.7. The fourth-order valence-electron chi connectivity index (χ4n) is 0.881. The number of pyridine rings is 1. The third-order valence-electron chi connectivity index (χ3n) is 1.42. The van der Waals surface area contributed by atoms with Crippen LogP contribution in [0, 0.1) is 5.95 Å². The number of alkyl halides is 2. The summed E-state index contributed by atoms with van der Waals surface area (Å²) < 4.78 is 41.5. The molecule has 13 heavy (non-hydrogen) atoms. The van der Waals surface area contributed by atoms with E-state index in [1.165, 1.54) is 0 Å². The van der Waals surface area contributed by atoms with E-state index in [0.29, 0.717) is 6.20 Å². The molecular weight excluding hydrogens is 187 g/mol. The zero-order chi connectivity index (χ0) is 10.0. The third-order valence-corrected chi connectivity index (χ3v) is 1.42. The van der Waals surface area contributed by atoms with E-state index >= 15 is 0 Å². The Bertz CT molecular complexity index is 317. The standard InChI is InChI=1S/C7H6F3NO2/c1-13-5-3(12)2-11-7(10)4(5)6(8)9/h2,6,12H,1H3. The van der Waals surface area contributed by atoms with Crippen molar-refractivity contribution >= 4 is 0 Å². The molecule has 3 nitrogen and oxygen atoms in total. The number of ether oxygens (including phenoxy) is 1. The first kappa shape index (κ1) is 9.63. The Balaban J connectivity index is 3.35. The van der Waals surface area contributed by atoms with Crippen molar-refractivity contribution in [2.24, 2.45) is 0 Å². The zero-order valence-electron chi connectivity index (χ0n) is 6.59. The summed E-state index contributed by atoms with van der Waals surface area (Å²) in [6.45, 7) is 0. The number of hydrogen-bond acceptors (Lipinski definition) is 3. The lowest BCUT2D eigenvalue weighted by Gasteiger charge is -2.08. The number of rotatable bonds is 2. The Kier molecular flexibility index (Phi) is 2.60. The first-order chi connectivity index (χ1) is 6.07. The highest BCUT2D eigenvalue weighted by molar-refractivity contribution is 5.43. The van der Waals surface area contributed by atoms with Crippen molar-refractivity contribution < 1.29 is 23.0 Å². The summed E-state index contributed by atoms with van der Waals surface area (Å²) in [4.78, 5) is 2.93. The first-order valence-electron chi connectivity index (χ1n) is 3.27. The van der Waals surface area contributed by atoms with E-state index in [1.54, 1.807) is 0 Å². The molecule has 0 unspecified atom stereocenters. The van der Waals surface area contributed by atoms with Gasteiger partial charge in [-0.3, -0.25) is 0 Å². The van der Waals surface area contributed by atoms with Crippen molar-refractivity contribution in [2.75, 3.05) is 7.11 Å². The van der Waals surface area contributed by atoms with E-state index in [0.717, 1.165) is 7.11 Å². The predicted molar refractivity (Wildman–Crippen MR) is 37.4 cm³/mol. The smallest absolute Gasteiger partial charge is 0.271 e. The average molecular weight is 193 g/mol. The van der Waals surface area contributed by atoms with E-state index in [-0.39, 0.29) is 0 Å². The SMILES string of the molecule is COc1c(O)cnc(F)c1C(F)F. The summed E-state index contributed by atoms with van der Waals surface area (Å²) in [7, 11) is 1.06. The van der Waals surface area contributed by atoms with Gasteiger partial charge < -0.3 is 9.84 Å². The topological polar surface area (TPSA) is 42.4 Å². The molecule has 0 atom stereocenters. The van der Waals surface area contributed by atoms with Crippen molar-refractivity contribution in [3.05, 3.63) is 17.7 Å². The summed E-state index contributed by atoms with van der Waals surface area (Å²) in [5, 5.41) is 8.98. The molecule has 1 rings (SSSR count). The molecule has 0 aromatic carbocycles. The summed E-state index contributed by atoms with van der Waals surface area (Å²) >= 11 is 0. The van der Waals surface area contributed by atoms with E-state index in [4.69, 9.17) is 5.11 Å². The third kappa shape index (κ3) is 1.66. The molecule has 6 heteroatoms. The number of aromatic nitrogens is 1. The highest BCUT2D eigenvalue weighted by Gasteiger charge is 2.23. The lowest BCUT2D eigenvalue weighted by Crippen LogP contribution is -1.99. The van der Waals surface area contributed by atoms with Crippen LogP contribution in [-0.2, 0) is 0 Å². The van der Waals surface area contributed by atoms with Gasteiger partial charge in [-0.15, -0.1) is 0 Å². The molecule has 0 aliphatic carbocycles. The van der Waals surface area contributed by atoms with Crippen LogP contribution in [0.5, 0.6) is 11.5 Å². The van der Waals surface area contributed by atoms with Gasteiger partial charge >= 0.3 is 0 Å². The van der Waals surface area contributed by atoms with Crippen LogP contribution < -0.4 is 4.74 Å². The molecule has 0 amide bonds. The minimum atomic E-state index is -3.07. The Morgan fingerprint density at radius 1 is 1.54 bits per heavy atom. The minimum Gasteiger partial charge on any atom is -0.503 e. The number of nitrogens with zero attached hydrogens (tertiary/aromatic N) is 1. The Morgan fingerprint density at radius 3 is 2.54 bits per heavy atom. The van der Waals surface area contributed by atoms with Gasteiger partial charge in [0, 0.05) is 0 Å². The highest BCUT2D eigenvalue weighted by Crippen LogP contribution is 2.36. The van der Waals surface area contributed by atoms with Crippen LogP contribution in [-0.4, -0.2) is 17.2 Å². The molecule has 0 radical (unpaired) electrons. The number of hydrogen-bond donors (Lipinski definition) is 1. The molecule has 0 saturated heterocycles. The summed E-state index contributed by atoms with van der Waals surface area (Å²) in [6.07, 6.45) is -2.37. The largest absolute Gasteiger partial charge is 0.503 e. The number of aromatic hydroxyl groups is 1. The van der Waals surface area contributed by atoms with Gasteiger partial charge in [-0.1, -0.05) is 0 Å². The number of methoxy groups -OCH3 is 1. The van der Waals surface area contributed by atoms with Crippen LogP contribution in [0.1, 0.15) is 12.0 Å². The second-order valence-corrected chi connectivity index (χ2v) is 2.18. The molecule has 1 heterocycles. The van der Waals surface area contributed by atoms with Gasteiger partial charge in [-0.25, -0.2) is 13.8 Å². The maximum Gasteiger partial charge on any atom is 0.271 e. The van der Waals surface area contributed by atoms with E-state index in [9.17, 15) is 13.2 Å². The van der Waals surface area contributed by atoms with Crippen molar-refractivity contribution in [1.29, 1.82) is 0 Å². The Morgan fingerprint density at radius 2 is 2.15 bits per heavy atom. The van der Waals surface area contributed by atoms with Crippen molar-refractivity contribution in [2.45, 2.75) is 6.43 Å². The van der Waals surface area contributed by atoms with Crippen LogP contribution in [0.15, 0.2) is 6.20 Å². The normalized spacial score (nSPS) is 10.5. The fraction of sp³-hybridized carbons (Fsp3) is 0.286. The maximum absolute atomic E-state index is 12.7. The molecule has 72 valence electrons. The van der Waals surface area contributed by atoms with E-state index < -0.39 is 29.4 Å². The lowest BCUT2D eigenvalue weighted by molar-refractivity contribution is 0.139. The Hall–Kier alpha value is -1.46. The van der Waals surface area contributed by atoms with Gasteiger partial charge in [0.15, 0.2) is 11.5 Å². The van der Waals surface area contributed by atoms with E-state index in [1.807, 2.05) is 0 Å². The van der Waals surface area contributed by atoms with Gasteiger partial charge in [0.2, 0.25) is 5.95 Å². The van der Waals surface area contributed by atoms with Crippen molar-refractivity contribution in [3.63, 3.8) is 0 Å². The summed E-state index contributed by atoms with van der Waals surface area (Å²) in [5.41, 5.74) is -1.03. The van der Waals surface area contributed by atoms with Crippen LogP contribution in [0.3, 0.4) is 0 Å². The molecule has 0 spiro atoms. The van der Waals surface area contributed by atoms with E-state index in [2.05, 4.69) is 9.72 Å². The second-order valence-electron chi connectivity index (χ2n) is 2.18. The van der Waals surface area contributed by atoms with Gasteiger partial charge in [-0.05, 0) is 0 Å². The van der Waals surface area contributed by atoms with Crippen LogP contribution >= 0.6 is 0 Å². The Labute approximate surface area is 71.8 Å². The highest BCUT2D eigenvalue weighted by atomic mass is 19.3. The van der Waals surface area contributed by atoms with Crippen LogP contribution in [0.4, 0.5) is 13.2 Å². The molecule has 0 bridgehead atoms. The molecular formula is C7H6F3NO2.